The van der Waals surface area contributed by atoms with Gasteiger partial charge in [0.2, 0.25) is 5.72 Å². The first kappa shape index (κ1) is 29.8. The molecule has 0 saturated heterocycles. The molecule has 1 saturated carbocycles. The Bertz CT molecular complexity index is 1750. The van der Waals surface area contributed by atoms with Gasteiger partial charge in [0.25, 0.3) is 5.91 Å². The Kier molecular flexibility index (Phi) is 7.71. The van der Waals surface area contributed by atoms with Crippen molar-refractivity contribution in [3.63, 3.8) is 0 Å². The van der Waals surface area contributed by atoms with E-state index in [1.165, 1.54) is 29.4 Å². The van der Waals surface area contributed by atoms with E-state index in [1.54, 1.807) is 55.3 Å². The number of aryl methyl sites for hydroxylation is 1. The molecule has 10 nitrogen and oxygen atoms in total. The van der Waals surface area contributed by atoms with Gasteiger partial charge in [0.15, 0.2) is 0 Å². The van der Waals surface area contributed by atoms with Crippen LogP contribution in [-0.4, -0.2) is 53.3 Å². The number of benzene rings is 2. The standard InChI is InChI=1S/C32H30ClFN6O4/c1-3-31(43,27-15-39(2)18-38-27)22-10-25-29(26(34)11-22)32(21-4-6-23(33)7-5-21,44-24-8-19(9-24)17-41)40(30(25)42)16-28-36-13-20(12-35)14-37-28/h4-7,10-11,13-15,18-19,24,41,43H,3,8-9,16-17H2,1-2H3/t19-,24-,31?,32-/m1/s1. The smallest absolute Gasteiger partial charge is 0.257 e. The lowest BCUT2D eigenvalue weighted by atomic mass is 9.81. The number of aliphatic hydroxyl groups excluding tert-OH is 1. The van der Waals surface area contributed by atoms with Crippen LogP contribution in [0.4, 0.5) is 4.39 Å². The molecule has 2 aromatic heterocycles. The average molecular weight is 617 g/mol. The second kappa shape index (κ2) is 11.4. The Morgan fingerprint density at radius 3 is 2.50 bits per heavy atom. The Hall–Kier alpha value is -4.21. The maximum atomic E-state index is 16.8. The molecule has 2 atom stereocenters. The van der Waals surface area contributed by atoms with Gasteiger partial charge in [0, 0.05) is 42.8 Å². The zero-order valence-electron chi connectivity index (χ0n) is 24.1. The van der Waals surface area contributed by atoms with Crippen LogP contribution in [0.15, 0.2) is 61.3 Å². The highest BCUT2D eigenvalue weighted by atomic mass is 35.5. The quantitative estimate of drug-likeness (QED) is 0.286. The molecule has 4 aromatic rings. The summed E-state index contributed by atoms with van der Waals surface area (Å²) >= 11 is 6.24. The SMILES string of the molecule is CCC(O)(c1cc(F)c2c(c1)C(=O)N(Cc1ncc(C#N)cn1)[C@@]2(O[C@H]1C[C@H](CO)C1)c1ccc(Cl)cc1)c1cn(C)cn1. The van der Waals surface area contributed by atoms with Crippen molar-refractivity contribution in [2.45, 2.75) is 50.2 Å². The van der Waals surface area contributed by atoms with E-state index in [-0.39, 0.29) is 53.6 Å². The van der Waals surface area contributed by atoms with Crippen molar-refractivity contribution in [1.29, 1.82) is 5.26 Å². The number of aliphatic hydroxyl groups is 2. The molecule has 0 bridgehead atoms. The minimum Gasteiger partial charge on any atom is -0.396 e. The third-order valence-corrected chi connectivity index (χ3v) is 8.81. The molecule has 1 aliphatic heterocycles. The minimum atomic E-state index is -1.75. The minimum absolute atomic E-state index is 0.00543. The van der Waals surface area contributed by atoms with E-state index >= 15 is 4.39 Å². The van der Waals surface area contributed by atoms with Gasteiger partial charge in [-0.3, -0.25) is 9.69 Å². The number of imidazole rings is 1. The predicted molar refractivity (Wildman–Crippen MR) is 156 cm³/mol. The Morgan fingerprint density at radius 2 is 1.91 bits per heavy atom. The highest BCUT2D eigenvalue weighted by Gasteiger charge is 2.57. The summed E-state index contributed by atoms with van der Waals surface area (Å²) < 4.78 is 25.2. The van der Waals surface area contributed by atoms with Gasteiger partial charge in [-0.25, -0.2) is 19.3 Å². The molecule has 6 rings (SSSR count). The summed E-state index contributed by atoms with van der Waals surface area (Å²) in [4.78, 5) is 28.7. The average Bonchev–Trinajstić information content (AvgIpc) is 3.55. The van der Waals surface area contributed by atoms with Gasteiger partial charge in [0.1, 0.15) is 23.3 Å². The Balaban J connectivity index is 1.56. The first-order chi connectivity index (χ1) is 21.1. The molecule has 1 amide bonds. The van der Waals surface area contributed by atoms with Crippen LogP contribution >= 0.6 is 11.6 Å². The normalized spacial score (nSPS) is 22.3. The van der Waals surface area contributed by atoms with Gasteiger partial charge in [0.05, 0.1) is 41.4 Å². The number of halogens is 2. The lowest BCUT2D eigenvalue weighted by Crippen LogP contribution is -2.51. The molecule has 1 unspecified atom stereocenters. The van der Waals surface area contributed by atoms with E-state index in [0.717, 1.165) is 0 Å². The Morgan fingerprint density at radius 1 is 1.20 bits per heavy atom. The molecule has 2 aromatic carbocycles. The molecule has 0 radical (unpaired) electrons. The lowest BCUT2D eigenvalue weighted by molar-refractivity contribution is -0.184. The van der Waals surface area contributed by atoms with E-state index < -0.39 is 29.2 Å². The van der Waals surface area contributed by atoms with Crippen LogP contribution in [0.5, 0.6) is 0 Å². The summed E-state index contributed by atoms with van der Waals surface area (Å²) in [5.74, 6) is -1.06. The number of nitriles is 1. The number of carbonyl (C=O) groups is 1. The second-order valence-electron chi connectivity index (χ2n) is 11.3. The van der Waals surface area contributed by atoms with Gasteiger partial charge in [-0.15, -0.1) is 0 Å². The van der Waals surface area contributed by atoms with Crippen LogP contribution in [0.2, 0.25) is 5.02 Å². The van der Waals surface area contributed by atoms with E-state index in [2.05, 4.69) is 15.0 Å². The number of carbonyl (C=O) groups excluding carboxylic acids is 1. The monoisotopic (exact) mass is 616 g/mol. The van der Waals surface area contributed by atoms with Gasteiger partial charge in [-0.05, 0) is 55.0 Å². The van der Waals surface area contributed by atoms with Crippen molar-refractivity contribution < 1.29 is 24.1 Å². The number of aromatic nitrogens is 4. The van der Waals surface area contributed by atoms with Crippen LogP contribution in [0.3, 0.4) is 0 Å². The summed E-state index contributed by atoms with van der Waals surface area (Å²) in [5, 5.41) is 31.1. The van der Waals surface area contributed by atoms with Gasteiger partial charge >= 0.3 is 0 Å². The number of rotatable bonds is 9. The number of nitrogens with zero attached hydrogens (tertiary/aromatic N) is 6. The van der Waals surface area contributed by atoms with Crippen molar-refractivity contribution in [3.8, 4) is 6.07 Å². The van der Waals surface area contributed by atoms with Crippen molar-refractivity contribution in [3.05, 3.63) is 111 Å². The molecule has 1 fully saturated rings. The van der Waals surface area contributed by atoms with E-state index in [1.807, 2.05) is 6.07 Å². The number of amides is 1. The van der Waals surface area contributed by atoms with E-state index in [0.29, 0.717) is 29.1 Å². The zero-order valence-corrected chi connectivity index (χ0v) is 24.9. The number of hydrogen-bond acceptors (Lipinski definition) is 8. The second-order valence-corrected chi connectivity index (χ2v) is 11.8. The van der Waals surface area contributed by atoms with Crippen molar-refractivity contribution >= 4 is 17.5 Å². The van der Waals surface area contributed by atoms with Gasteiger partial charge < -0.3 is 19.5 Å². The largest absolute Gasteiger partial charge is 0.396 e. The zero-order chi connectivity index (χ0) is 31.2. The first-order valence-electron chi connectivity index (χ1n) is 14.3. The molecular weight excluding hydrogens is 587 g/mol. The fourth-order valence-corrected chi connectivity index (χ4v) is 6.21. The van der Waals surface area contributed by atoms with Crippen molar-refractivity contribution in [2.24, 2.45) is 13.0 Å². The van der Waals surface area contributed by atoms with Crippen molar-refractivity contribution in [2.75, 3.05) is 6.61 Å². The number of hydrogen-bond donors (Lipinski definition) is 2. The molecule has 12 heteroatoms. The van der Waals surface area contributed by atoms with Crippen LogP contribution in [-0.2, 0) is 29.7 Å². The highest BCUT2D eigenvalue weighted by Crippen LogP contribution is 2.51. The van der Waals surface area contributed by atoms with Crippen LogP contribution in [0, 0.1) is 23.1 Å². The van der Waals surface area contributed by atoms with Crippen molar-refractivity contribution in [1.82, 2.24) is 24.4 Å². The molecule has 1 aliphatic carbocycles. The fraction of sp³-hybridized carbons (Fsp3) is 0.344. The molecule has 2 aliphatic rings. The van der Waals surface area contributed by atoms with E-state index in [9.17, 15) is 20.3 Å². The van der Waals surface area contributed by atoms with Crippen LogP contribution < -0.4 is 0 Å². The summed E-state index contributed by atoms with van der Waals surface area (Å²) in [6.45, 7) is 1.57. The van der Waals surface area contributed by atoms with Gasteiger partial charge in [-0.1, -0.05) is 30.7 Å². The summed E-state index contributed by atoms with van der Waals surface area (Å²) in [7, 11) is 1.77. The first-order valence-corrected chi connectivity index (χ1v) is 14.6. The molecule has 2 N–H and O–H groups in total. The van der Waals surface area contributed by atoms with Crippen LogP contribution in [0.1, 0.15) is 70.3 Å². The summed E-state index contributed by atoms with van der Waals surface area (Å²) in [6, 6.07) is 11.4. The maximum Gasteiger partial charge on any atom is 0.257 e. The Labute approximate surface area is 258 Å². The number of ether oxygens (including phenoxy) is 1. The molecule has 0 spiro atoms. The molecular formula is C32H30ClFN6O4. The molecule has 226 valence electrons. The third kappa shape index (κ3) is 4.84. The molecule has 3 heterocycles. The predicted octanol–water partition coefficient (Wildman–Crippen LogP) is 4.16. The number of fused-ring (bicyclic) bond motifs is 1. The van der Waals surface area contributed by atoms with Crippen LogP contribution in [0.25, 0.3) is 0 Å². The summed E-state index contributed by atoms with van der Waals surface area (Å²) in [5.41, 5.74) is -2.22. The maximum absolute atomic E-state index is 16.8. The highest BCUT2D eigenvalue weighted by molar-refractivity contribution is 6.30. The van der Waals surface area contributed by atoms with E-state index in [4.69, 9.17) is 16.3 Å². The fourth-order valence-electron chi connectivity index (χ4n) is 6.09. The third-order valence-electron chi connectivity index (χ3n) is 8.56. The topological polar surface area (TPSA) is 137 Å². The van der Waals surface area contributed by atoms with Gasteiger partial charge in [-0.2, -0.15) is 5.26 Å². The molecule has 44 heavy (non-hydrogen) atoms. The summed E-state index contributed by atoms with van der Waals surface area (Å²) in [6.07, 6.45) is 6.71. The lowest BCUT2D eigenvalue weighted by Gasteiger charge is -2.45.